The zero-order valence-electron chi connectivity index (χ0n) is 7.12. The summed E-state index contributed by atoms with van der Waals surface area (Å²) in [6.45, 7) is 0. The molecule has 70 valence electrons. The van der Waals surface area contributed by atoms with Crippen LogP contribution in [0.25, 0.3) is 10.1 Å². The van der Waals surface area contributed by atoms with Gasteiger partial charge in [0.25, 0.3) is 0 Å². The van der Waals surface area contributed by atoms with Gasteiger partial charge in [0.1, 0.15) is 11.6 Å². The van der Waals surface area contributed by atoms with E-state index in [1.54, 1.807) is 11.4 Å². The van der Waals surface area contributed by atoms with Crippen LogP contribution in [0.4, 0.5) is 4.39 Å². The highest BCUT2D eigenvalue weighted by Crippen LogP contribution is 2.35. The first-order valence-corrected chi connectivity index (χ1v) is 4.86. The molecule has 1 aromatic carbocycles. The van der Waals surface area contributed by atoms with Crippen LogP contribution in [0, 0.1) is 17.1 Å². The van der Waals surface area contributed by atoms with Crippen molar-refractivity contribution >= 4 is 21.4 Å². The van der Waals surface area contributed by atoms with Gasteiger partial charge >= 0.3 is 0 Å². The number of aromatic hydroxyl groups is 1. The van der Waals surface area contributed by atoms with E-state index < -0.39 is 5.82 Å². The minimum atomic E-state index is -0.437. The fourth-order valence-corrected chi connectivity index (χ4v) is 2.26. The first kappa shape index (κ1) is 8.97. The molecule has 1 aromatic heterocycles. The van der Waals surface area contributed by atoms with Crippen LogP contribution in [-0.2, 0) is 6.42 Å². The molecule has 0 fully saturated rings. The molecule has 0 aliphatic rings. The van der Waals surface area contributed by atoms with Gasteiger partial charge in [-0.25, -0.2) is 4.39 Å². The van der Waals surface area contributed by atoms with E-state index in [-0.39, 0.29) is 17.7 Å². The summed E-state index contributed by atoms with van der Waals surface area (Å²) in [4.78, 5) is 0. The lowest BCUT2D eigenvalue weighted by atomic mass is 10.1. The summed E-state index contributed by atoms with van der Waals surface area (Å²) in [6.07, 6.45) is -0.0204. The molecule has 0 unspecified atom stereocenters. The summed E-state index contributed by atoms with van der Waals surface area (Å²) < 4.78 is 14.1. The summed E-state index contributed by atoms with van der Waals surface area (Å²) in [5, 5.41) is 20.0. The number of rotatable bonds is 1. The lowest BCUT2D eigenvalue weighted by Gasteiger charge is -2.00. The van der Waals surface area contributed by atoms with E-state index in [2.05, 4.69) is 0 Å². The maximum Gasteiger partial charge on any atom is 0.134 e. The van der Waals surface area contributed by atoms with Crippen molar-refractivity contribution in [1.29, 1.82) is 5.26 Å². The summed E-state index contributed by atoms with van der Waals surface area (Å²) in [5.41, 5.74) is 0.281. The van der Waals surface area contributed by atoms with Crippen LogP contribution in [0.15, 0.2) is 17.5 Å². The van der Waals surface area contributed by atoms with E-state index in [1.807, 2.05) is 6.07 Å². The molecule has 1 N–H and O–H groups in total. The monoisotopic (exact) mass is 207 g/mol. The number of halogens is 1. The molecule has 0 atom stereocenters. The summed E-state index contributed by atoms with van der Waals surface area (Å²) in [7, 11) is 0. The van der Waals surface area contributed by atoms with Crippen LogP contribution in [-0.4, -0.2) is 5.11 Å². The molecule has 0 spiro atoms. The molecular formula is C10H6FNOS. The summed E-state index contributed by atoms with van der Waals surface area (Å²) >= 11 is 1.34. The largest absolute Gasteiger partial charge is 0.506 e. The number of fused-ring (bicyclic) bond motifs is 1. The Balaban J connectivity index is 2.81. The molecule has 2 nitrogen and oxygen atoms in total. The Kier molecular flexibility index (Phi) is 2.10. The van der Waals surface area contributed by atoms with Gasteiger partial charge in [0.2, 0.25) is 0 Å². The molecule has 2 aromatic rings. The van der Waals surface area contributed by atoms with Crippen molar-refractivity contribution in [1.82, 2.24) is 0 Å². The summed E-state index contributed by atoms with van der Waals surface area (Å²) in [6, 6.07) is 4.82. The highest BCUT2D eigenvalue weighted by atomic mass is 32.1. The second-order valence-corrected chi connectivity index (χ2v) is 3.77. The maximum atomic E-state index is 13.3. The van der Waals surface area contributed by atoms with E-state index in [9.17, 15) is 9.50 Å². The Morgan fingerprint density at radius 1 is 1.50 bits per heavy atom. The van der Waals surface area contributed by atoms with Crippen molar-refractivity contribution < 1.29 is 9.50 Å². The highest BCUT2D eigenvalue weighted by molar-refractivity contribution is 7.17. The Hall–Kier alpha value is -1.60. The topological polar surface area (TPSA) is 44.0 Å². The lowest BCUT2D eigenvalue weighted by Crippen LogP contribution is -1.88. The van der Waals surface area contributed by atoms with Gasteiger partial charge in [-0.2, -0.15) is 5.26 Å². The van der Waals surface area contributed by atoms with Gasteiger partial charge < -0.3 is 5.11 Å². The van der Waals surface area contributed by atoms with E-state index in [0.717, 1.165) is 4.70 Å². The Morgan fingerprint density at radius 3 is 3.00 bits per heavy atom. The SMILES string of the molecule is N#CCc1c(F)ccc2scc(O)c12. The molecule has 4 heteroatoms. The van der Waals surface area contributed by atoms with Crippen molar-refractivity contribution in [3.05, 3.63) is 28.9 Å². The maximum absolute atomic E-state index is 13.3. The quantitative estimate of drug-likeness (QED) is 0.781. The standard InChI is InChI=1S/C10H6FNOS/c11-7-1-2-9-10(6(7)3-4-12)8(13)5-14-9/h1-2,5,13H,3H2. The average molecular weight is 207 g/mol. The zero-order chi connectivity index (χ0) is 10.1. The number of nitriles is 1. The van der Waals surface area contributed by atoms with Crippen LogP contribution in [0.3, 0.4) is 0 Å². The van der Waals surface area contributed by atoms with Gasteiger partial charge in [-0.1, -0.05) is 0 Å². The predicted molar refractivity (Wildman–Crippen MR) is 52.8 cm³/mol. The second kappa shape index (κ2) is 3.28. The van der Waals surface area contributed by atoms with E-state index in [0.29, 0.717) is 5.39 Å². The number of benzene rings is 1. The van der Waals surface area contributed by atoms with Crippen LogP contribution < -0.4 is 0 Å². The molecule has 1 heterocycles. The molecule has 0 radical (unpaired) electrons. The first-order valence-electron chi connectivity index (χ1n) is 3.98. The van der Waals surface area contributed by atoms with Gasteiger partial charge in [0.15, 0.2) is 0 Å². The fourth-order valence-electron chi connectivity index (χ4n) is 1.41. The highest BCUT2D eigenvalue weighted by Gasteiger charge is 2.12. The van der Waals surface area contributed by atoms with E-state index >= 15 is 0 Å². The van der Waals surface area contributed by atoms with Crippen LogP contribution >= 0.6 is 11.3 Å². The van der Waals surface area contributed by atoms with Gasteiger partial charge in [-0.05, 0) is 12.1 Å². The van der Waals surface area contributed by atoms with Crippen molar-refractivity contribution in [2.24, 2.45) is 0 Å². The second-order valence-electron chi connectivity index (χ2n) is 2.85. The molecule has 0 amide bonds. The third-order valence-electron chi connectivity index (χ3n) is 2.03. The Bertz CT molecular complexity index is 527. The van der Waals surface area contributed by atoms with E-state index in [4.69, 9.17) is 5.26 Å². The Morgan fingerprint density at radius 2 is 2.29 bits per heavy atom. The van der Waals surface area contributed by atoms with Gasteiger partial charge in [0, 0.05) is 21.0 Å². The molecule has 0 saturated carbocycles. The normalized spacial score (nSPS) is 10.3. The molecule has 14 heavy (non-hydrogen) atoms. The minimum Gasteiger partial charge on any atom is -0.506 e. The first-order chi connectivity index (χ1) is 6.74. The molecule has 0 saturated heterocycles. The van der Waals surface area contributed by atoms with Crippen molar-refractivity contribution in [3.63, 3.8) is 0 Å². The zero-order valence-corrected chi connectivity index (χ0v) is 7.94. The fraction of sp³-hybridized carbons (Fsp3) is 0.100. The van der Waals surface area contributed by atoms with Crippen molar-refractivity contribution in [2.75, 3.05) is 0 Å². The van der Waals surface area contributed by atoms with Crippen molar-refractivity contribution in [2.45, 2.75) is 6.42 Å². The number of nitrogens with zero attached hydrogens (tertiary/aromatic N) is 1. The van der Waals surface area contributed by atoms with Gasteiger partial charge in [0.05, 0.1) is 12.5 Å². The summed E-state index contributed by atoms with van der Waals surface area (Å²) in [5.74, 6) is -0.387. The molecule has 0 aliphatic heterocycles. The molecule has 0 aliphatic carbocycles. The average Bonchev–Trinajstić information content (AvgIpc) is 2.53. The van der Waals surface area contributed by atoms with Gasteiger partial charge in [-0.3, -0.25) is 0 Å². The number of hydrogen-bond donors (Lipinski definition) is 1. The smallest absolute Gasteiger partial charge is 0.134 e. The predicted octanol–water partition coefficient (Wildman–Crippen LogP) is 2.81. The van der Waals surface area contributed by atoms with Crippen LogP contribution in [0.1, 0.15) is 5.56 Å². The molecular weight excluding hydrogens is 201 g/mol. The third-order valence-corrected chi connectivity index (χ3v) is 2.96. The molecule has 2 rings (SSSR count). The van der Waals surface area contributed by atoms with Crippen LogP contribution in [0.5, 0.6) is 5.75 Å². The lowest BCUT2D eigenvalue weighted by molar-refractivity contribution is 0.483. The third kappa shape index (κ3) is 1.22. The number of thiophene rings is 1. The van der Waals surface area contributed by atoms with Gasteiger partial charge in [-0.15, -0.1) is 11.3 Å². The minimum absolute atomic E-state index is 0.0204. The number of hydrogen-bond acceptors (Lipinski definition) is 3. The van der Waals surface area contributed by atoms with Crippen LogP contribution in [0.2, 0.25) is 0 Å². The molecule has 0 bridgehead atoms. The Labute approximate surface area is 83.8 Å². The van der Waals surface area contributed by atoms with Crippen molar-refractivity contribution in [3.8, 4) is 11.8 Å². The van der Waals surface area contributed by atoms with E-state index in [1.165, 1.54) is 17.4 Å².